The van der Waals surface area contributed by atoms with Gasteiger partial charge in [0.2, 0.25) is 0 Å². The van der Waals surface area contributed by atoms with Crippen LogP contribution in [0.25, 0.3) is 10.9 Å². The van der Waals surface area contributed by atoms with Gasteiger partial charge in [-0.3, -0.25) is 9.59 Å². The lowest BCUT2D eigenvalue weighted by Crippen LogP contribution is -2.28. The third-order valence-corrected chi connectivity index (χ3v) is 4.57. The summed E-state index contributed by atoms with van der Waals surface area (Å²) in [5.41, 5.74) is -2.42. The van der Waals surface area contributed by atoms with Crippen molar-refractivity contribution in [3.63, 3.8) is 0 Å². The van der Waals surface area contributed by atoms with Crippen molar-refractivity contribution in [3.05, 3.63) is 56.3 Å². The molecule has 5 nitrogen and oxygen atoms in total. The Morgan fingerprint density at radius 1 is 1.36 bits per heavy atom. The maximum atomic E-state index is 13.2. The summed E-state index contributed by atoms with van der Waals surface area (Å²) in [6.45, 7) is 0.189. The van der Waals surface area contributed by atoms with Crippen LogP contribution in [0.2, 0.25) is 0 Å². The SMILES string of the molecule is O=C(NCc1cccs1)c1nc2c(C(F)(F)F)c[c]([Al])cc2c(=O)[nH]1. The van der Waals surface area contributed by atoms with Gasteiger partial charge in [0, 0.05) is 4.88 Å². The summed E-state index contributed by atoms with van der Waals surface area (Å²) in [4.78, 5) is 31.1. The molecule has 0 aliphatic rings. The minimum absolute atomic E-state index is 0.189. The Morgan fingerprint density at radius 2 is 2.12 bits per heavy atom. The Balaban J connectivity index is 2.04. The number of aromatic amines is 1. The molecule has 0 saturated heterocycles. The fraction of sp³-hybridized carbons (Fsp3) is 0.133. The first-order chi connectivity index (χ1) is 11.8. The zero-order valence-corrected chi connectivity index (χ0v) is 14.4. The second kappa shape index (κ2) is 6.63. The van der Waals surface area contributed by atoms with E-state index in [0.29, 0.717) is 0 Å². The largest absolute Gasteiger partial charge is 0.418 e. The molecule has 0 saturated carbocycles. The van der Waals surface area contributed by atoms with E-state index in [9.17, 15) is 22.8 Å². The number of aromatic nitrogens is 2. The van der Waals surface area contributed by atoms with Gasteiger partial charge in [-0.05, 0) is 11.4 Å². The number of fused-ring (bicyclic) bond motifs is 1. The first-order valence-corrected chi connectivity index (χ1v) is 8.43. The van der Waals surface area contributed by atoms with E-state index < -0.39 is 34.5 Å². The minimum Gasteiger partial charge on any atom is -0.344 e. The number of halogens is 3. The van der Waals surface area contributed by atoms with E-state index in [2.05, 4.69) is 31.6 Å². The van der Waals surface area contributed by atoms with Crippen LogP contribution in [0, 0.1) is 0 Å². The van der Waals surface area contributed by atoms with E-state index >= 15 is 0 Å². The number of H-pyrrole nitrogens is 1. The van der Waals surface area contributed by atoms with Crippen molar-refractivity contribution in [2.75, 3.05) is 0 Å². The molecule has 10 heteroatoms. The first kappa shape index (κ1) is 17.7. The number of thiophene rings is 1. The molecule has 0 aliphatic heterocycles. The summed E-state index contributed by atoms with van der Waals surface area (Å²) in [5, 5.41) is 4.12. The maximum Gasteiger partial charge on any atom is 0.418 e. The van der Waals surface area contributed by atoms with Crippen molar-refractivity contribution in [1.82, 2.24) is 15.3 Å². The van der Waals surface area contributed by atoms with Crippen LogP contribution in [0.1, 0.15) is 21.1 Å². The Hall–Kier alpha value is -2.15. The lowest BCUT2D eigenvalue weighted by Gasteiger charge is -2.12. The molecule has 2 aromatic heterocycles. The van der Waals surface area contributed by atoms with E-state index in [1.807, 2.05) is 5.38 Å². The third-order valence-electron chi connectivity index (χ3n) is 3.36. The van der Waals surface area contributed by atoms with Crippen LogP contribution in [0.3, 0.4) is 0 Å². The highest BCUT2D eigenvalue weighted by Crippen LogP contribution is 2.32. The van der Waals surface area contributed by atoms with Crippen LogP contribution in [-0.2, 0) is 12.7 Å². The number of carbonyl (C=O) groups excluding carboxylic acids is 1. The predicted octanol–water partition coefficient (Wildman–Crippen LogP) is 1.73. The highest BCUT2D eigenvalue weighted by Gasteiger charge is 2.34. The molecule has 0 unspecified atom stereocenters. The van der Waals surface area contributed by atoms with Crippen LogP contribution in [0.15, 0.2) is 34.4 Å². The molecule has 0 spiro atoms. The van der Waals surface area contributed by atoms with Crippen molar-refractivity contribution in [1.29, 1.82) is 0 Å². The topological polar surface area (TPSA) is 74.8 Å². The molecule has 0 bridgehead atoms. The highest BCUT2D eigenvalue weighted by atomic mass is 32.1. The fourth-order valence-electron chi connectivity index (χ4n) is 2.25. The summed E-state index contributed by atoms with van der Waals surface area (Å²) in [5.74, 6) is -1.22. The number of hydrogen-bond acceptors (Lipinski definition) is 4. The van der Waals surface area contributed by atoms with Crippen LogP contribution in [0.5, 0.6) is 0 Å². The van der Waals surface area contributed by atoms with Crippen molar-refractivity contribution in [2.45, 2.75) is 12.7 Å². The van der Waals surface area contributed by atoms with E-state index in [4.69, 9.17) is 0 Å². The lowest BCUT2D eigenvalue weighted by atomic mass is 10.1. The molecule has 3 aromatic rings. The molecule has 3 rings (SSSR count). The molecule has 0 aliphatic carbocycles. The molecule has 25 heavy (non-hydrogen) atoms. The Labute approximate surface area is 151 Å². The zero-order valence-electron chi connectivity index (χ0n) is 12.5. The average Bonchev–Trinajstić information content (AvgIpc) is 3.05. The van der Waals surface area contributed by atoms with Crippen LogP contribution in [-0.4, -0.2) is 32.2 Å². The van der Waals surface area contributed by atoms with Crippen LogP contribution >= 0.6 is 11.3 Å². The van der Waals surface area contributed by atoms with E-state index in [1.165, 1.54) is 17.4 Å². The van der Waals surface area contributed by atoms with E-state index in [-0.39, 0.29) is 16.4 Å². The van der Waals surface area contributed by atoms with Gasteiger partial charge in [0.1, 0.15) is 0 Å². The lowest BCUT2D eigenvalue weighted by molar-refractivity contribution is -0.136. The van der Waals surface area contributed by atoms with Gasteiger partial charge in [0.25, 0.3) is 11.5 Å². The molecule has 0 atom stereocenters. The summed E-state index contributed by atoms with van der Waals surface area (Å²) < 4.78 is 39.9. The van der Waals surface area contributed by atoms with Gasteiger partial charge in [-0.25, -0.2) is 4.98 Å². The Bertz CT molecular complexity index is 1000. The number of nitrogens with one attached hydrogen (secondary N) is 2. The van der Waals surface area contributed by atoms with Crippen LogP contribution < -0.4 is 15.3 Å². The van der Waals surface area contributed by atoms with Gasteiger partial charge in [-0.2, -0.15) is 13.2 Å². The normalized spacial score (nSPS) is 11.6. The summed E-state index contributed by atoms with van der Waals surface area (Å²) in [6, 6.07) is 5.74. The van der Waals surface area contributed by atoms with Gasteiger partial charge in [0.15, 0.2) is 22.1 Å². The number of amides is 1. The summed E-state index contributed by atoms with van der Waals surface area (Å²) in [6.07, 6.45) is -4.70. The summed E-state index contributed by atoms with van der Waals surface area (Å²) in [7, 11) is 0. The maximum absolute atomic E-state index is 13.2. The average molecular weight is 379 g/mol. The molecule has 2 heterocycles. The van der Waals surface area contributed by atoms with Gasteiger partial charge >= 0.3 is 6.18 Å². The molecule has 1 amide bonds. The number of hydrogen-bond donors (Lipinski definition) is 2. The number of nitrogens with zero attached hydrogens (tertiary/aromatic N) is 1. The zero-order chi connectivity index (χ0) is 18.2. The van der Waals surface area contributed by atoms with Gasteiger partial charge in [0.05, 0.1) is 23.0 Å². The Kier molecular flexibility index (Phi) is 4.69. The monoisotopic (exact) mass is 379 g/mol. The number of rotatable bonds is 3. The smallest absolute Gasteiger partial charge is 0.344 e. The van der Waals surface area contributed by atoms with Crippen LogP contribution in [0.4, 0.5) is 13.2 Å². The molecular weight excluding hydrogens is 370 g/mol. The third kappa shape index (κ3) is 3.76. The molecular formula is C15H9AlF3N3O2S. The standard InChI is InChI=1S/C15H9F3N3O2S.Al/c16-15(17,18)10-5-1-4-9-11(10)20-12(21-13(9)22)14(23)19-7-8-3-2-6-24-8;/h2-6H,7H2,(H,19,23)(H,20,21,22);. The quantitative estimate of drug-likeness (QED) is 0.681. The molecule has 126 valence electrons. The molecule has 2 radical (unpaired) electrons. The molecule has 2 N–H and O–H groups in total. The fourth-order valence-corrected chi connectivity index (χ4v) is 3.23. The van der Waals surface area contributed by atoms with E-state index in [0.717, 1.165) is 10.9 Å². The molecule has 1 aromatic carbocycles. The Morgan fingerprint density at radius 3 is 2.76 bits per heavy atom. The van der Waals surface area contributed by atoms with E-state index in [1.54, 1.807) is 12.1 Å². The van der Waals surface area contributed by atoms with Crippen molar-refractivity contribution < 1.29 is 18.0 Å². The van der Waals surface area contributed by atoms with Gasteiger partial charge in [-0.1, -0.05) is 18.2 Å². The van der Waals surface area contributed by atoms with Gasteiger partial charge in [-0.15, -0.1) is 15.8 Å². The number of benzene rings is 1. The number of alkyl halides is 3. The first-order valence-electron chi connectivity index (χ1n) is 6.97. The van der Waals surface area contributed by atoms with Gasteiger partial charge < -0.3 is 10.3 Å². The second-order valence-corrected chi connectivity index (χ2v) is 6.84. The highest BCUT2D eigenvalue weighted by molar-refractivity contribution is 7.09. The molecule has 0 fully saturated rings. The second-order valence-electron chi connectivity index (χ2n) is 5.14. The van der Waals surface area contributed by atoms with Crippen molar-refractivity contribution >= 4 is 48.9 Å². The number of carbonyl (C=O) groups is 1. The minimum atomic E-state index is -4.70. The summed E-state index contributed by atoms with van der Waals surface area (Å²) >= 11 is 3.53. The van der Waals surface area contributed by atoms with Crippen molar-refractivity contribution in [2.24, 2.45) is 0 Å². The van der Waals surface area contributed by atoms with Crippen molar-refractivity contribution in [3.8, 4) is 0 Å². The predicted molar refractivity (Wildman–Crippen MR) is 88.2 cm³/mol.